The van der Waals surface area contributed by atoms with Gasteiger partial charge in [0.05, 0.1) is 12.1 Å². The average Bonchev–Trinajstić information content (AvgIpc) is 2.45. The van der Waals surface area contributed by atoms with Gasteiger partial charge >= 0.3 is 0 Å². The van der Waals surface area contributed by atoms with Crippen molar-refractivity contribution in [2.75, 3.05) is 7.11 Å². The van der Waals surface area contributed by atoms with Gasteiger partial charge in [-0.05, 0) is 34.9 Å². The first-order valence-electron chi connectivity index (χ1n) is 6.87. The molecule has 4 heteroatoms. The quantitative estimate of drug-likeness (QED) is 0.819. The van der Waals surface area contributed by atoms with E-state index < -0.39 is 0 Å². The number of benzene rings is 2. The van der Waals surface area contributed by atoms with Crippen LogP contribution in [0.5, 0.6) is 5.75 Å². The number of rotatable bonds is 5. The fourth-order valence-corrected chi connectivity index (χ4v) is 2.54. The van der Waals surface area contributed by atoms with Gasteiger partial charge in [-0.2, -0.15) is 0 Å². The van der Waals surface area contributed by atoms with Crippen molar-refractivity contribution in [1.82, 2.24) is 5.32 Å². The number of halogens is 2. The van der Waals surface area contributed by atoms with Gasteiger partial charge in [0.25, 0.3) is 0 Å². The van der Waals surface area contributed by atoms with Crippen LogP contribution in [0.4, 0.5) is 0 Å². The normalized spacial score (nSPS) is 11.0. The molecule has 1 N–H and O–H groups in total. The molecule has 0 aliphatic carbocycles. The molecule has 0 atom stereocenters. The summed E-state index contributed by atoms with van der Waals surface area (Å²) in [7, 11) is 1.61. The summed E-state index contributed by atoms with van der Waals surface area (Å²) in [5, 5.41) is 4.72. The largest absolute Gasteiger partial charge is 0.495 e. The zero-order valence-corrected chi connectivity index (χ0v) is 13.9. The van der Waals surface area contributed by atoms with Crippen LogP contribution in [-0.4, -0.2) is 13.2 Å². The zero-order chi connectivity index (χ0) is 15.4. The summed E-state index contributed by atoms with van der Waals surface area (Å²) in [5.41, 5.74) is 3.15. The second-order valence-corrected chi connectivity index (χ2v) is 6.01. The van der Waals surface area contributed by atoms with E-state index in [-0.39, 0.29) is 0 Å². The van der Waals surface area contributed by atoms with Crippen LogP contribution in [0, 0.1) is 0 Å². The Morgan fingerprint density at radius 1 is 1.00 bits per heavy atom. The fourth-order valence-electron chi connectivity index (χ4n) is 2.03. The van der Waals surface area contributed by atoms with Crippen LogP contribution < -0.4 is 10.1 Å². The molecule has 0 aliphatic rings. The Morgan fingerprint density at radius 2 is 1.62 bits per heavy atom. The van der Waals surface area contributed by atoms with E-state index in [1.54, 1.807) is 7.11 Å². The van der Waals surface area contributed by atoms with E-state index in [4.69, 9.17) is 27.9 Å². The summed E-state index contributed by atoms with van der Waals surface area (Å²) < 4.78 is 5.17. The molecule has 21 heavy (non-hydrogen) atoms. The first-order valence-corrected chi connectivity index (χ1v) is 7.62. The fraction of sp³-hybridized carbons (Fsp3) is 0.294. The highest BCUT2D eigenvalue weighted by Crippen LogP contribution is 2.32. The molecule has 112 valence electrons. The molecular formula is C17H19Cl2NO. The minimum Gasteiger partial charge on any atom is -0.495 e. The smallest absolute Gasteiger partial charge is 0.137 e. The molecule has 0 heterocycles. The molecule has 2 aromatic carbocycles. The summed E-state index contributed by atoms with van der Waals surface area (Å²) in [6.07, 6.45) is 0. The van der Waals surface area contributed by atoms with Crippen molar-refractivity contribution >= 4 is 23.2 Å². The van der Waals surface area contributed by atoms with Gasteiger partial charge in [-0.25, -0.2) is 0 Å². The van der Waals surface area contributed by atoms with Gasteiger partial charge in [0.1, 0.15) is 5.75 Å². The molecule has 0 bridgehead atoms. The van der Waals surface area contributed by atoms with Gasteiger partial charge in [-0.3, -0.25) is 0 Å². The Bertz CT molecular complexity index is 626. The van der Waals surface area contributed by atoms with Crippen LogP contribution in [0.15, 0.2) is 36.4 Å². The Morgan fingerprint density at radius 3 is 2.14 bits per heavy atom. The maximum absolute atomic E-state index is 6.36. The molecule has 0 aromatic heterocycles. The Kier molecular flexibility index (Phi) is 5.51. The maximum Gasteiger partial charge on any atom is 0.137 e. The predicted molar refractivity (Wildman–Crippen MR) is 90.4 cm³/mol. The van der Waals surface area contributed by atoms with Gasteiger partial charge in [0.2, 0.25) is 0 Å². The molecule has 0 radical (unpaired) electrons. The van der Waals surface area contributed by atoms with Crippen molar-refractivity contribution in [2.24, 2.45) is 0 Å². The summed E-state index contributed by atoms with van der Waals surface area (Å²) in [6.45, 7) is 4.99. The highest BCUT2D eigenvalue weighted by molar-refractivity contribution is 6.32. The summed E-state index contributed by atoms with van der Waals surface area (Å²) >= 11 is 12.5. The SMILES string of the molecule is COc1ccc(-c2ccc(CNC(C)C)c(Cl)c2)cc1Cl. The number of methoxy groups -OCH3 is 1. The first-order chi connectivity index (χ1) is 10.0. The van der Waals surface area contributed by atoms with Gasteiger partial charge in [0.15, 0.2) is 0 Å². The lowest BCUT2D eigenvalue weighted by Gasteiger charge is -2.11. The minimum atomic E-state index is 0.432. The monoisotopic (exact) mass is 323 g/mol. The van der Waals surface area contributed by atoms with Crippen molar-refractivity contribution < 1.29 is 4.74 Å². The molecular weight excluding hydrogens is 305 g/mol. The van der Waals surface area contributed by atoms with Crippen LogP contribution in [0.1, 0.15) is 19.4 Å². The molecule has 0 fully saturated rings. The first kappa shape index (κ1) is 16.2. The van der Waals surface area contributed by atoms with E-state index >= 15 is 0 Å². The molecule has 2 aromatic rings. The van der Waals surface area contributed by atoms with Crippen molar-refractivity contribution in [3.8, 4) is 16.9 Å². The molecule has 0 aliphatic heterocycles. The predicted octanol–water partition coefficient (Wildman–Crippen LogP) is 5.17. The summed E-state index contributed by atoms with van der Waals surface area (Å²) in [6, 6.07) is 12.2. The Labute approximate surface area is 136 Å². The second-order valence-electron chi connectivity index (χ2n) is 5.19. The van der Waals surface area contributed by atoms with Gasteiger partial charge < -0.3 is 10.1 Å². The third-order valence-electron chi connectivity index (χ3n) is 3.24. The number of hydrogen-bond acceptors (Lipinski definition) is 2. The lowest BCUT2D eigenvalue weighted by atomic mass is 10.0. The Hall–Kier alpha value is -1.22. The van der Waals surface area contributed by atoms with Crippen LogP contribution in [0.25, 0.3) is 11.1 Å². The van der Waals surface area contributed by atoms with E-state index in [0.29, 0.717) is 16.8 Å². The lowest BCUT2D eigenvalue weighted by molar-refractivity contribution is 0.415. The van der Waals surface area contributed by atoms with Crippen molar-refractivity contribution in [2.45, 2.75) is 26.4 Å². The third kappa shape index (κ3) is 4.13. The Balaban J connectivity index is 2.25. The van der Waals surface area contributed by atoms with E-state index in [0.717, 1.165) is 28.3 Å². The van der Waals surface area contributed by atoms with Crippen LogP contribution in [0.3, 0.4) is 0 Å². The van der Waals surface area contributed by atoms with Crippen molar-refractivity contribution in [3.63, 3.8) is 0 Å². The number of nitrogens with one attached hydrogen (secondary N) is 1. The topological polar surface area (TPSA) is 21.3 Å². The second kappa shape index (κ2) is 7.17. The molecule has 2 rings (SSSR count). The van der Waals surface area contributed by atoms with E-state index in [9.17, 15) is 0 Å². The van der Waals surface area contributed by atoms with Gasteiger partial charge in [-0.15, -0.1) is 0 Å². The van der Waals surface area contributed by atoms with Crippen molar-refractivity contribution in [3.05, 3.63) is 52.0 Å². The molecule has 0 amide bonds. The highest BCUT2D eigenvalue weighted by Gasteiger charge is 2.07. The van der Waals surface area contributed by atoms with Crippen LogP contribution >= 0.6 is 23.2 Å². The van der Waals surface area contributed by atoms with E-state index in [1.807, 2.05) is 30.3 Å². The molecule has 2 nitrogen and oxygen atoms in total. The van der Waals surface area contributed by atoms with Gasteiger partial charge in [0, 0.05) is 17.6 Å². The standard InChI is InChI=1S/C17H19Cl2NO/c1-11(2)20-10-14-5-4-12(8-15(14)18)13-6-7-17(21-3)16(19)9-13/h4-9,11,20H,10H2,1-3H3. The lowest BCUT2D eigenvalue weighted by Crippen LogP contribution is -2.21. The third-order valence-corrected chi connectivity index (χ3v) is 3.89. The summed E-state index contributed by atoms with van der Waals surface area (Å²) in [5.74, 6) is 0.671. The summed E-state index contributed by atoms with van der Waals surface area (Å²) in [4.78, 5) is 0. The van der Waals surface area contributed by atoms with E-state index in [1.165, 1.54) is 0 Å². The minimum absolute atomic E-state index is 0.432. The molecule has 0 unspecified atom stereocenters. The van der Waals surface area contributed by atoms with Crippen LogP contribution in [-0.2, 0) is 6.54 Å². The molecule has 0 saturated heterocycles. The number of hydrogen-bond donors (Lipinski definition) is 1. The maximum atomic E-state index is 6.36. The van der Waals surface area contributed by atoms with Gasteiger partial charge in [-0.1, -0.05) is 55.2 Å². The van der Waals surface area contributed by atoms with Crippen LogP contribution in [0.2, 0.25) is 10.0 Å². The van der Waals surface area contributed by atoms with Crippen molar-refractivity contribution in [1.29, 1.82) is 0 Å². The van der Waals surface area contributed by atoms with E-state index in [2.05, 4.69) is 25.2 Å². The molecule has 0 saturated carbocycles. The average molecular weight is 324 g/mol. The number of ether oxygens (including phenoxy) is 1. The molecule has 0 spiro atoms. The zero-order valence-electron chi connectivity index (χ0n) is 12.4. The highest BCUT2D eigenvalue weighted by atomic mass is 35.5.